The second kappa shape index (κ2) is 7.22. The van der Waals surface area contributed by atoms with Crippen molar-refractivity contribution in [2.45, 2.75) is 13.0 Å². The number of ether oxygens (including phenoxy) is 2. The highest BCUT2D eigenvalue weighted by Crippen LogP contribution is 2.29. The molecule has 0 fully saturated rings. The Morgan fingerprint density at radius 3 is 2.65 bits per heavy atom. The Bertz CT molecular complexity index is 1020. The van der Waals surface area contributed by atoms with E-state index in [1.54, 1.807) is 56.5 Å². The largest absolute Gasteiger partial charge is 0.497 e. The normalized spacial score (nSPS) is 11.8. The number of nitrogens with zero attached hydrogens (tertiary/aromatic N) is 3. The maximum atomic E-state index is 12.6. The highest BCUT2D eigenvalue weighted by molar-refractivity contribution is 5.95. The third kappa shape index (κ3) is 3.21. The molecule has 0 aliphatic carbocycles. The molecule has 3 rings (SSSR count). The maximum absolute atomic E-state index is 12.6. The fourth-order valence-corrected chi connectivity index (χ4v) is 2.51. The van der Waals surface area contributed by atoms with Gasteiger partial charge in [0.15, 0.2) is 0 Å². The third-order valence-electron chi connectivity index (χ3n) is 4.00. The van der Waals surface area contributed by atoms with E-state index in [2.05, 4.69) is 15.6 Å². The molecule has 0 radical (unpaired) electrons. The van der Waals surface area contributed by atoms with Crippen molar-refractivity contribution in [3.8, 4) is 11.5 Å². The minimum atomic E-state index is -0.855. The number of hydrogen-bond acceptors (Lipinski definition) is 6. The van der Waals surface area contributed by atoms with Crippen LogP contribution in [0.15, 0.2) is 47.3 Å². The van der Waals surface area contributed by atoms with Gasteiger partial charge in [-0.1, -0.05) is 17.3 Å². The van der Waals surface area contributed by atoms with Gasteiger partial charge < -0.3 is 14.8 Å². The van der Waals surface area contributed by atoms with Crippen molar-refractivity contribution in [2.75, 3.05) is 19.5 Å². The molecule has 0 saturated heterocycles. The van der Waals surface area contributed by atoms with Crippen molar-refractivity contribution in [3.05, 3.63) is 52.8 Å². The Morgan fingerprint density at radius 2 is 1.92 bits per heavy atom. The van der Waals surface area contributed by atoms with Gasteiger partial charge in [0.05, 0.1) is 25.3 Å². The van der Waals surface area contributed by atoms with Gasteiger partial charge in [-0.3, -0.25) is 9.59 Å². The fourth-order valence-electron chi connectivity index (χ4n) is 2.51. The molecule has 3 aromatic rings. The summed E-state index contributed by atoms with van der Waals surface area (Å²) in [7, 11) is 3.03. The van der Waals surface area contributed by atoms with Crippen molar-refractivity contribution in [1.29, 1.82) is 0 Å². The summed E-state index contributed by atoms with van der Waals surface area (Å²) in [6.07, 6.45) is 0. The van der Waals surface area contributed by atoms with Crippen molar-refractivity contribution in [1.82, 2.24) is 15.0 Å². The molecule has 1 N–H and O–H groups in total. The first kappa shape index (κ1) is 17.4. The number of benzene rings is 2. The quantitative estimate of drug-likeness (QED) is 0.753. The van der Waals surface area contributed by atoms with E-state index >= 15 is 0 Å². The van der Waals surface area contributed by atoms with Gasteiger partial charge >= 0.3 is 0 Å². The second-order valence-corrected chi connectivity index (χ2v) is 5.59. The van der Waals surface area contributed by atoms with Crippen LogP contribution in [0.3, 0.4) is 0 Å². The van der Waals surface area contributed by atoms with Crippen molar-refractivity contribution < 1.29 is 14.3 Å². The van der Waals surface area contributed by atoms with Crippen molar-refractivity contribution >= 4 is 22.5 Å². The minimum absolute atomic E-state index is 0.375. The summed E-state index contributed by atoms with van der Waals surface area (Å²) in [5.74, 6) is 0.631. The highest BCUT2D eigenvalue weighted by atomic mass is 16.5. The van der Waals surface area contributed by atoms with E-state index in [0.29, 0.717) is 28.1 Å². The predicted octanol–water partition coefficient (Wildman–Crippen LogP) is 2.01. The number of methoxy groups -OCH3 is 2. The molecule has 1 heterocycles. The van der Waals surface area contributed by atoms with Crippen LogP contribution in [-0.2, 0) is 4.79 Å². The van der Waals surface area contributed by atoms with Crippen LogP contribution >= 0.6 is 0 Å². The number of hydrogen-bond donors (Lipinski definition) is 1. The van der Waals surface area contributed by atoms with Crippen LogP contribution in [0.4, 0.5) is 5.69 Å². The Hall–Kier alpha value is -3.42. The second-order valence-electron chi connectivity index (χ2n) is 5.59. The molecule has 0 unspecified atom stereocenters. The highest BCUT2D eigenvalue weighted by Gasteiger charge is 2.20. The van der Waals surface area contributed by atoms with Crippen LogP contribution < -0.4 is 20.3 Å². The summed E-state index contributed by atoms with van der Waals surface area (Å²) in [6.45, 7) is 1.58. The Labute approximate surface area is 149 Å². The van der Waals surface area contributed by atoms with Crippen LogP contribution in [0.2, 0.25) is 0 Å². The number of carbonyl (C=O) groups is 1. The zero-order chi connectivity index (χ0) is 18.7. The molecule has 2 aromatic carbocycles. The lowest BCUT2D eigenvalue weighted by atomic mass is 10.2. The molecular weight excluding hydrogens is 336 g/mol. The number of amides is 1. The molecule has 26 heavy (non-hydrogen) atoms. The first-order chi connectivity index (χ1) is 12.5. The van der Waals surface area contributed by atoms with Crippen LogP contribution in [-0.4, -0.2) is 35.1 Å². The average molecular weight is 354 g/mol. The molecule has 1 atom stereocenters. The van der Waals surface area contributed by atoms with Gasteiger partial charge in [-0.05, 0) is 31.2 Å². The number of rotatable bonds is 5. The summed E-state index contributed by atoms with van der Waals surface area (Å²) in [6, 6.07) is 11.0. The van der Waals surface area contributed by atoms with E-state index in [4.69, 9.17) is 9.47 Å². The number of fused-ring (bicyclic) bond motifs is 1. The van der Waals surface area contributed by atoms with Crippen LogP contribution in [0.5, 0.6) is 11.5 Å². The topological polar surface area (TPSA) is 95.3 Å². The summed E-state index contributed by atoms with van der Waals surface area (Å²) in [5, 5.41) is 11.0. The van der Waals surface area contributed by atoms with Crippen molar-refractivity contribution in [3.63, 3.8) is 0 Å². The molecule has 0 bridgehead atoms. The van der Waals surface area contributed by atoms with E-state index in [9.17, 15) is 9.59 Å². The number of nitrogens with one attached hydrogen (secondary N) is 1. The SMILES string of the molecule is COc1ccc(NC(=O)[C@@H](C)n2nnc3ccccc3c2=O)c(OC)c1. The van der Waals surface area contributed by atoms with Gasteiger partial charge in [-0.25, -0.2) is 0 Å². The molecule has 1 amide bonds. The summed E-state index contributed by atoms with van der Waals surface area (Å²) >= 11 is 0. The smallest absolute Gasteiger partial charge is 0.278 e. The summed E-state index contributed by atoms with van der Waals surface area (Å²) < 4.78 is 11.5. The van der Waals surface area contributed by atoms with Crippen LogP contribution in [0.1, 0.15) is 13.0 Å². The summed E-state index contributed by atoms with van der Waals surface area (Å²) in [4.78, 5) is 25.2. The lowest BCUT2D eigenvalue weighted by Gasteiger charge is -2.16. The third-order valence-corrected chi connectivity index (χ3v) is 4.00. The average Bonchev–Trinajstić information content (AvgIpc) is 2.68. The molecule has 134 valence electrons. The van der Waals surface area contributed by atoms with Crippen LogP contribution in [0.25, 0.3) is 10.9 Å². The molecule has 0 spiro atoms. The Morgan fingerprint density at radius 1 is 1.15 bits per heavy atom. The zero-order valence-corrected chi connectivity index (χ0v) is 14.6. The number of anilines is 1. The zero-order valence-electron chi connectivity index (χ0n) is 14.6. The molecule has 8 nitrogen and oxygen atoms in total. The number of carbonyl (C=O) groups excluding carboxylic acids is 1. The van der Waals surface area contributed by atoms with E-state index < -0.39 is 11.9 Å². The van der Waals surface area contributed by atoms with Gasteiger partial charge in [0.25, 0.3) is 5.56 Å². The van der Waals surface area contributed by atoms with Crippen molar-refractivity contribution in [2.24, 2.45) is 0 Å². The fraction of sp³-hybridized carbons (Fsp3) is 0.222. The van der Waals surface area contributed by atoms with Gasteiger partial charge in [-0.15, -0.1) is 5.10 Å². The van der Waals surface area contributed by atoms with Gasteiger partial charge in [-0.2, -0.15) is 4.68 Å². The van der Waals surface area contributed by atoms with Crippen LogP contribution in [0, 0.1) is 0 Å². The van der Waals surface area contributed by atoms with E-state index in [-0.39, 0.29) is 5.56 Å². The maximum Gasteiger partial charge on any atom is 0.278 e. The minimum Gasteiger partial charge on any atom is -0.497 e. The molecule has 0 aliphatic heterocycles. The van der Waals surface area contributed by atoms with Gasteiger partial charge in [0.2, 0.25) is 5.91 Å². The lowest BCUT2D eigenvalue weighted by molar-refractivity contribution is -0.119. The monoisotopic (exact) mass is 354 g/mol. The van der Waals surface area contributed by atoms with E-state index in [1.807, 2.05) is 0 Å². The van der Waals surface area contributed by atoms with Gasteiger partial charge in [0, 0.05) is 6.07 Å². The first-order valence-electron chi connectivity index (χ1n) is 7.92. The Balaban J connectivity index is 1.89. The number of aromatic nitrogens is 3. The van der Waals surface area contributed by atoms with E-state index in [0.717, 1.165) is 4.68 Å². The predicted molar refractivity (Wildman–Crippen MR) is 96.7 cm³/mol. The molecule has 0 aliphatic rings. The molecule has 1 aromatic heterocycles. The van der Waals surface area contributed by atoms with Gasteiger partial charge in [0.1, 0.15) is 23.1 Å². The first-order valence-corrected chi connectivity index (χ1v) is 7.92. The Kier molecular flexibility index (Phi) is 4.83. The lowest BCUT2D eigenvalue weighted by Crippen LogP contribution is -2.34. The van der Waals surface area contributed by atoms with E-state index in [1.165, 1.54) is 7.11 Å². The standard InChI is InChI=1S/C18H18N4O4/c1-11(22-18(24)13-6-4-5-7-14(13)20-21-22)17(23)19-15-9-8-12(25-2)10-16(15)26-3/h4-11H,1-3H3,(H,19,23)/t11-/m1/s1. The summed E-state index contributed by atoms with van der Waals surface area (Å²) in [5.41, 5.74) is 0.574. The molecule has 8 heteroatoms. The molecular formula is C18H18N4O4. The molecule has 0 saturated carbocycles.